The first kappa shape index (κ1) is 18.1. The summed E-state index contributed by atoms with van der Waals surface area (Å²) in [6.45, 7) is 4.28. The van der Waals surface area contributed by atoms with E-state index >= 15 is 0 Å². The number of thioether (sulfide) groups is 1. The molecule has 26 heavy (non-hydrogen) atoms. The van der Waals surface area contributed by atoms with E-state index in [1.54, 1.807) is 13.0 Å². The molecular weight excluding hydrogens is 353 g/mol. The van der Waals surface area contributed by atoms with E-state index in [0.29, 0.717) is 28.8 Å². The third-order valence-electron chi connectivity index (χ3n) is 3.60. The molecule has 1 aromatic carbocycles. The second-order valence-corrected chi connectivity index (χ2v) is 6.52. The highest BCUT2D eigenvalue weighted by Gasteiger charge is 2.16. The van der Waals surface area contributed by atoms with Crippen molar-refractivity contribution in [2.45, 2.75) is 25.5 Å². The van der Waals surface area contributed by atoms with Crippen molar-refractivity contribution in [1.29, 1.82) is 0 Å². The molecule has 0 unspecified atom stereocenters. The zero-order valence-corrected chi connectivity index (χ0v) is 15.3. The van der Waals surface area contributed by atoms with E-state index in [4.69, 9.17) is 0 Å². The van der Waals surface area contributed by atoms with Crippen molar-refractivity contribution >= 4 is 23.4 Å². The number of amides is 1. The number of rotatable bonds is 6. The third-order valence-corrected chi connectivity index (χ3v) is 4.57. The minimum atomic E-state index is -0.554. The lowest BCUT2D eigenvalue weighted by molar-refractivity contribution is -0.113. The Morgan fingerprint density at radius 3 is 2.69 bits per heavy atom. The van der Waals surface area contributed by atoms with Crippen molar-refractivity contribution < 1.29 is 9.18 Å². The molecule has 0 saturated heterocycles. The summed E-state index contributed by atoms with van der Waals surface area (Å²) in [6.07, 6.45) is 0. The predicted octanol–water partition coefficient (Wildman–Crippen LogP) is 3.54. The molecule has 0 aliphatic rings. The van der Waals surface area contributed by atoms with Crippen LogP contribution in [0, 0.1) is 12.9 Å². The Bertz CT molecular complexity index is 893. The number of para-hydroxylation sites is 1. The standard InChI is InChI=1S/C18H18FN5OS/c1-3-24-17(13-9-12(2)20-15(19)10-13)22-23-18(24)26-11-16(25)21-14-7-5-4-6-8-14/h4-10H,3,11H2,1-2H3,(H,21,25). The third kappa shape index (κ3) is 4.26. The van der Waals surface area contributed by atoms with Gasteiger partial charge in [-0.25, -0.2) is 4.98 Å². The Kier molecular flexibility index (Phi) is 5.62. The highest BCUT2D eigenvalue weighted by atomic mass is 32.2. The van der Waals surface area contributed by atoms with Crippen LogP contribution < -0.4 is 5.32 Å². The van der Waals surface area contributed by atoms with Gasteiger partial charge >= 0.3 is 0 Å². The second kappa shape index (κ2) is 8.09. The number of carbonyl (C=O) groups excluding carboxylic acids is 1. The maximum absolute atomic E-state index is 13.6. The van der Waals surface area contributed by atoms with Crippen LogP contribution in [0.15, 0.2) is 47.6 Å². The van der Waals surface area contributed by atoms with Gasteiger partial charge in [0.1, 0.15) is 0 Å². The quantitative estimate of drug-likeness (QED) is 0.530. The number of hydrogen-bond donors (Lipinski definition) is 1. The number of pyridine rings is 1. The first-order valence-electron chi connectivity index (χ1n) is 8.12. The average Bonchev–Trinajstić information content (AvgIpc) is 3.03. The first-order valence-corrected chi connectivity index (χ1v) is 9.11. The number of benzene rings is 1. The summed E-state index contributed by atoms with van der Waals surface area (Å²) >= 11 is 1.29. The van der Waals surface area contributed by atoms with E-state index < -0.39 is 5.95 Å². The predicted molar refractivity (Wildman–Crippen MR) is 99.4 cm³/mol. The lowest BCUT2D eigenvalue weighted by Gasteiger charge is -2.08. The molecule has 0 aliphatic heterocycles. The molecule has 0 bridgehead atoms. The van der Waals surface area contributed by atoms with Gasteiger partial charge in [0.25, 0.3) is 0 Å². The number of nitrogens with zero attached hydrogens (tertiary/aromatic N) is 4. The van der Waals surface area contributed by atoms with Crippen molar-refractivity contribution in [3.63, 3.8) is 0 Å². The zero-order chi connectivity index (χ0) is 18.5. The van der Waals surface area contributed by atoms with Gasteiger partial charge in [-0.05, 0) is 32.0 Å². The minimum Gasteiger partial charge on any atom is -0.325 e. The van der Waals surface area contributed by atoms with Crippen LogP contribution in [0.4, 0.5) is 10.1 Å². The molecular formula is C18H18FN5OS. The molecule has 3 aromatic rings. The fourth-order valence-corrected chi connectivity index (χ4v) is 3.30. The summed E-state index contributed by atoms with van der Waals surface area (Å²) in [5.74, 6) is 0.0840. The lowest BCUT2D eigenvalue weighted by Crippen LogP contribution is -2.14. The van der Waals surface area contributed by atoms with Gasteiger partial charge in [-0.15, -0.1) is 10.2 Å². The molecule has 6 nitrogen and oxygen atoms in total. The van der Waals surface area contributed by atoms with Crippen LogP contribution in [-0.4, -0.2) is 31.4 Å². The molecule has 0 atom stereocenters. The van der Waals surface area contributed by atoms with Crippen LogP contribution in [0.25, 0.3) is 11.4 Å². The van der Waals surface area contributed by atoms with E-state index in [9.17, 15) is 9.18 Å². The Hall–Kier alpha value is -2.74. The van der Waals surface area contributed by atoms with E-state index in [2.05, 4.69) is 20.5 Å². The largest absolute Gasteiger partial charge is 0.325 e. The van der Waals surface area contributed by atoms with Crippen molar-refractivity contribution in [1.82, 2.24) is 19.7 Å². The molecule has 8 heteroatoms. The summed E-state index contributed by atoms with van der Waals surface area (Å²) < 4.78 is 15.4. The maximum atomic E-state index is 13.6. The van der Waals surface area contributed by atoms with Gasteiger partial charge < -0.3 is 9.88 Å². The van der Waals surface area contributed by atoms with Crippen molar-refractivity contribution in [3.8, 4) is 11.4 Å². The molecule has 0 aliphatic carbocycles. The lowest BCUT2D eigenvalue weighted by atomic mass is 10.2. The number of halogens is 1. The minimum absolute atomic E-state index is 0.126. The van der Waals surface area contributed by atoms with Crippen LogP contribution in [0.1, 0.15) is 12.6 Å². The highest BCUT2D eigenvalue weighted by Crippen LogP contribution is 2.24. The summed E-state index contributed by atoms with van der Waals surface area (Å²) in [5, 5.41) is 11.8. The summed E-state index contributed by atoms with van der Waals surface area (Å²) in [5.41, 5.74) is 1.94. The van der Waals surface area contributed by atoms with Crippen molar-refractivity contribution in [2.75, 3.05) is 11.1 Å². The number of aromatic nitrogens is 4. The van der Waals surface area contributed by atoms with E-state index in [0.717, 1.165) is 5.69 Å². The zero-order valence-electron chi connectivity index (χ0n) is 14.4. The summed E-state index contributed by atoms with van der Waals surface area (Å²) in [4.78, 5) is 15.8. The summed E-state index contributed by atoms with van der Waals surface area (Å²) in [7, 11) is 0. The monoisotopic (exact) mass is 371 g/mol. The van der Waals surface area contributed by atoms with Gasteiger partial charge in [-0.2, -0.15) is 4.39 Å². The van der Waals surface area contributed by atoms with E-state index in [1.165, 1.54) is 17.8 Å². The number of nitrogens with one attached hydrogen (secondary N) is 1. The molecule has 0 spiro atoms. The number of aryl methyl sites for hydroxylation is 1. The first-order chi connectivity index (χ1) is 12.6. The van der Waals surface area contributed by atoms with E-state index in [-0.39, 0.29) is 11.7 Å². The Balaban J connectivity index is 1.73. The van der Waals surface area contributed by atoms with Gasteiger partial charge in [-0.3, -0.25) is 4.79 Å². The Morgan fingerprint density at radius 2 is 2.00 bits per heavy atom. The van der Waals surface area contributed by atoms with E-state index in [1.807, 2.05) is 41.8 Å². The average molecular weight is 371 g/mol. The van der Waals surface area contributed by atoms with Gasteiger partial charge in [-0.1, -0.05) is 30.0 Å². The normalized spacial score (nSPS) is 10.7. The highest BCUT2D eigenvalue weighted by molar-refractivity contribution is 7.99. The van der Waals surface area contributed by atoms with Crippen molar-refractivity contribution in [2.24, 2.45) is 0 Å². The molecule has 0 saturated carbocycles. The topological polar surface area (TPSA) is 72.7 Å². The number of anilines is 1. The SMILES string of the molecule is CCn1c(SCC(=O)Nc2ccccc2)nnc1-c1cc(C)nc(F)c1. The fourth-order valence-electron chi connectivity index (χ4n) is 2.50. The Morgan fingerprint density at radius 1 is 1.23 bits per heavy atom. The number of hydrogen-bond acceptors (Lipinski definition) is 5. The molecule has 0 fully saturated rings. The smallest absolute Gasteiger partial charge is 0.234 e. The molecule has 1 N–H and O–H groups in total. The van der Waals surface area contributed by atoms with Gasteiger partial charge in [0, 0.05) is 29.6 Å². The van der Waals surface area contributed by atoms with Crippen molar-refractivity contribution in [3.05, 3.63) is 54.1 Å². The van der Waals surface area contributed by atoms with Crippen LogP contribution in [0.5, 0.6) is 0 Å². The second-order valence-electron chi connectivity index (χ2n) is 5.57. The summed E-state index contributed by atoms with van der Waals surface area (Å²) in [6, 6.07) is 12.4. The molecule has 134 valence electrons. The molecule has 0 radical (unpaired) electrons. The Labute approximate surface area is 154 Å². The van der Waals surface area contributed by atoms with Gasteiger partial charge in [0.05, 0.1) is 5.75 Å². The van der Waals surface area contributed by atoms with Crippen LogP contribution in [0.3, 0.4) is 0 Å². The maximum Gasteiger partial charge on any atom is 0.234 e. The van der Waals surface area contributed by atoms with Gasteiger partial charge in [0.15, 0.2) is 11.0 Å². The van der Waals surface area contributed by atoms with Crippen LogP contribution >= 0.6 is 11.8 Å². The van der Waals surface area contributed by atoms with Crippen LogP contribution in [0.2, 0.25) is 0 Å². The van der Waals surface area contributed by atoms with Crippen LogP contribution in [-0.2, 0) is 11.3 Å². The fraction of sp³-hybridized carbons (Fsp3) is 0.222. The van der Waals surface area contributed by atoms with Gasteiger partial charge in [0.2, 0.25) is 11.9 Å². The molecule has 2 aromatic heterocycles. The molecule has 2 heterocycles. The number of carbonyl (C=O) groups is 1. The molecule has 1 amide bonds. The molecule has 3 rings (SSSR count).